The van der Waals surface area contributed by atoms with Gasteiger partial charge in [-0.25, -0.2) is 0 Å². The minimum absolute atomic E-state index is 0.00668. The molecule has 126 valence electrons. The Kier molecular flexibility index (Phi) is 5.52. The van der Waals surface area contributed by atoms with Crippen molar-refractivity contribution in [2.45, 2.75) is 26.7 Å². The fourth-order valence-electron chi connectivity index (χ4n) is 2.25. The van der Waals surface area contributed by atoms with E-state index in [-0.39, 0.29) is 18.1 Å². The first kappa shape index (κ1) is 17.5. The lowest BCUT2D eigenvalue weighted by molar-refractivity contribution is -0.384. The number of non-ortho nitro benzene ring substituents is 1. The quantitative estimate of drug-likeness (QED) is 0.618. The molecule has 2 aromatic carbocycles. The predicted octanol–water partition coefficient (Wildman–Crippen LogP) is 4.08. The van der Waals surface area contributed by atoms with Crippen LogP contribution in [0.1, 0.15) is 30.9 Å². The highest BCUT2D eigenvalue weighted by Crippen LogP contribution is 2.21. The number of hydrogen-bond acceptors (Lipinski definition) is 4. The van der Waals surface area contributed by atoms with Crippen LogP contribution in [-0.4, -0.2) is 17.4 Å². The summed E-state index contributed by atoms with van der Waals surface area (Å²) in [6.07, 6.45) is 0. The topological polar surface area (TPSA) is 84.3 Å². The number of nitro groups is 1. The van der Waals surface area contributed by atoms with E-state index in [0.717, 1.165) is 11.3 Å². The Morgan fingerprint density at radius 1 is 1.17 bits per heavy atom. The summed E-state index contributed by atoms with van der Waals surface area (Å²) in [6, 6.07) is 12.2. The van der Waals surface area contributed by atoms with E-state index in [1.54, 1.807) is 6.07 Å². The third-order valence-electron chi connectivity index (χ3n) is 3.73. The van der Waals surface area contributed by atoms with Gasteiger partial charge >= 0.3 is 0 Å². The zero-order valence-electron chi connectivity index (χ0n) is 14.0. The average Bonchev–Trinajstić information content (AvgIpc) is 2.54. The number of carbonyl (C=O) groups excluding carboxylic acids is 1. The SMILES string of the molecule is Cc1ccc([N+](=O)[O-])cc1NCC(=O)Nc1ccc(C(C)C)cc1. The van der Waals surface area contributed by atoms with Crippen molar-refractivity contribution in [3.63, 3.8) is 0 Å². The first-order valence-corrected chi connectivity index (χ1v) is 7.75. The summed E-state index contributed by atoms with van der Waals surface area (Å²) in [6.45, 7) is 6.08. The molecule has 6 heteroatoms. The van der Waals surface area contributed by atoms with E-state index < -0.39 is 4.92 Å². The smallest absolute Gasteiger partial charge is 0.271 e. The van der Waals surface area contributed by atoms with Gasteiger partial charge < -0.3 is 10.6 Å². The summed E-state index contributed by atoms with van der Waals surface area (Å²) in [5, 5.41) is 16.6. The zero-order valence-corrected chi connectivity index (χ0v) is 14.0. The van der Waals surface area contributed by atoms with Gasteiger partial charge in [0.15, 0.2) is 0 Å². The van der Waals surface area contributed by atoms with Crippen LogP contribution >= 0.6 is 0 Å². The van der Waals surface area contributed by atoms with Gasteiger partial charge in [-0.3, -0.25) is 14.9 Å². The van der Waals surface area contributed by atoms with Gasteiger partial charge in [0.25, 0.3) is 5.69 Å². The number of nitro benzene ring substituents is 1. The summed E-state index contributed by atoms with van der Waals surface area (Å²) >= 11 is 0. The zero-order chi connectivity index (χ0) is 17.7. The van der Waals surface area contributed by atoms with Gasteiger partial charge in [0.2, 0.25) is 5.91 Å². The van der Waals surface area contributed by atoms with Gasteiger partial charge in [-0.15, -0.1) is 0 Å². The maximum absolute atomic E-state index is 12.0. The number of anilines is 2. The van der Waals surface area contributed by atoms with E-state index in [1.807, 2.05) is 31.2 Å². The molecular formula is C18H21N3O3. The molecule has 0 aliphatic carbocycles. The largest absolute Gasteiger partial charge is 0.376 e. The van der Waals surface area contributed by atoms with Crippen LogP contribution in [0.3, 0.4) is 0 Å². The highest BCUT2D eigenvalue weighted by atomic mass is 16.6. The van der Waals surface area contributed by atoms with Crippen molar-refractivity contribution < 1.29 is 9.72 Å². The van der Waals surface area contributed by atoms with Crippen molar-refractivity contribution >= 4 is 23.0 Å². The van der Waals surface area contributed by atoms with Gasteiger partial charge in [-0.1, -0.05) is 32.0 Å². The first-order valence-electron chi connectivity index (χ1n) is 7.75. The third-order valence-corrected chi connectivity index (χ3v) is 3.73. The number of nitrogens with zero attached hydrogens (tertiary/aromatic N) is 1. The Balaban J connectivity index is 1.96. The van der Waals surface area contributed by atoms with Crippen LogP contribution in [0.4, 0.5) is 17.1 Å². The number of benzene rings is 2. The van der Waals surface area contributed by atoms with Gasteiger partial charge in [0.1, 0.15) is 0 Å². The van der Waals surface area contributed by atoms with E-state index in [0.29, 0.717) is 11.6 Å². The minimum atomic E-state index is -0.457. The Hall–Kier alpha value is -2.89. The lowest BCUT2D eigenvalue weighted by Gasteiger charge is -2.11. The van der Waals surface area contributed by atoms with E-state index >= 15 is 0 Å². The molecule has 0 atom stereocenters. The normalized spacial score (nSPS) is 10.5. The molecule has 24 heavy (non-hydrogen) atoms. The van der Waals surface area contributed by atoms with Crippen LogP contribution < -0.4 is 10.6 Å². The molecule has 2 N–H and O–H groups in total. The highest BCUT2D eigenvalue weighted by molar-refractivity contribution is 5.93. The van der Waals surface area contributed by atoms with Gasteiger partial charge in [-0.05, 0) is 36.1 Å². The van der Waals surface area contributed by atoms with E-state index in [2.05, 4.69) is 24.5 Å². The molecule has 0 heterocycles. The van der Waals surface area contributed by atoms with Crippen LogP contribution in [0.5, 0.6) is 0 Å². The average molecular weight is 327 g/mol. The van der Waals surface area contributed by atoms with Crippen LogP contribution in [-0.2, 0) is 4.79 Å². The van der Waals surface area contributed by atoms with Crippen LogP contribution in [0.25, 0.3) is 0 Å². The van der Waals surface area contributed by atoms with Crippen LogP contribution in [0.2, 0.25) is 0 Å². The lowest BCUT2D eigenvalue weighted by Crippen LogP contribution is -2.22. The fourth-order valence-corrected chi connectivity index (χ4v) is 2.25. The van der Waals surface area contributed by atoms with Crippen LogP contribution in [0.15, 0.2) is 42.5 Å². The van der Waals surface area contributed by atoms with Gasteiger partial charge in [-0.2, -0.15) is 0 Å². The molecule has 0 saturated carbocycles. The van der Waals surface area contributed by atoms with E-state index in [1.165, 1.54) is 17.7 Å². The molecule has 0 aliphatic rings. The second kappa shape index (κ2) is 7.59. The van der Waals surface area contributed by atoms with Crippen molar-refractivity contribution in [2.75, 3.05) is 17.2 Å². The molecule has 2 aromatic rings. The summed E-state index contributed by atoms with van der Waals surface area (Å²) in [5.41, 5.74) is 3.34. The molecular weight excluding hydrogens is 306 g/mol. The van der Waals surface area contributed by atoms with Crippen molar-refractivity contribution in [3.8, 4) is 0 Å². The molecule has 1 amide bonds. The van der Waals surface area contributed by atoms with Crippen molar-refractivity contribution in [2.24, 2.45) is 0 Å². The fraction of sp³-hybridized carbons (Fsp3) is 0.278. The minimum Gasteiger partial charge on any atom is -0.376 e. The second-order valence-corrected chi connectivity index (χ2v) is 5.93. The van der Waals surface area contributed by atoms with Crippen molar-refractivity contribution in [1.29, 1.82) is 0 Å². The maximum Gasteiger partial charge on any atom is 0.271 e. The molecule has 6 nitrogen and oxygen atoms in total. The molecule has 0 aliphatic heterocycles. The van der Waals surface area contributed by atoms with Gasteiger partial charge in [0.05, 0.1) is 11.5 Å². The molecule has 0 spiro atoms. The number of amides is 1. The summed E-state index contributed by atoms with van der Waals surface area (Å²) in [7, 11) is 0. The Morgan fingerprint density at radius 2 is 1.83 bits per heavy atom. The Labute approximate surface area is 141 Å². The highest BCUT2D eigenvalue weighted by Gasteiger charge is 2.10. The number of rotatable bonds is 6. The first-order chi connectivity index (χ1) is 11.4. The third kappa shape index (κ3) is 4.55. The summed E-state index contributed by atoms with van der Waals surface area (Å²) in [5.74, 6) is 0.228. The maximum atomic E-state index is 12.0. The standard InChI is InChI=1S/C18H21N3O3/c1-12(2)14-5-7-15(8-6-14)20-18(22)11-19-17-10-16(21(23)24)9-4-13(17)3/h4-10,12,19H,11H2,1-3H3,(H,20,22). The molecule has 0 bridgehead atoms. The van der Waals surface area contributed by atoms with E-state index in [9.17, 15) is 14.9 Å². The molecule has 0 radical (unpaired) electrons. The molecule has 2 rings (SSSR count). The summed E-state index contributed by atoms with van der Waals surface area (Å²) < 4.78 is 0. The number of aryl methyl sites for hydroxylation is 1. The van der Waals surface area contributed by atoms with Crippen molar-refractivity contribution in [3.05, 3.63) is 63.7 Å². The molecule has 0 unspecified atom stereocenters. The Morgan fingerprint density at radius 3 is 2.42 bits per heavy atom. The van der Waals surface area contributed by atoms with Gasteiger partial charge in [0, 0.05) is 23.5 Å². The number of nitrogens with one attached hydrogen (secondary N) is 2. The molecule has 0 saturated heterocycles. The lowest BCUT2D eigenvalue weighted by atomic mass is 10.0. The number of carbonyl (C=O) groups is 1. The molecule has 0 fully saturated rings. The van der Waals surface area contributed by atoms with E-state index in [4.69, 9.17) is 0 Å². The Bertz CT molecular complexity index is 740. The van der Waals surface area contributed by atoms with Crippen molar-refractivity contribution in [1.82, 2.24) is 0 Å². The predicted molar refractivity (Wildman–Crippen MR) is 95.5 cm³/mol. The number of hydrogen-bond donors (Lipinski definition) is 2. The molecule has 0 aromatic heterocycles. The monoisotopic (exact) mass is 327 g/mol. The summed E-state index contributed by atoms with van der Waals surface area (Å²) in [4.78, 5) is 22.4. The second-order valence-electron chi connectivity index (χ2n) is 5.93. The van der Waals surface area contributed by atoms with Crippen LogP contribution in [0, 0.1) is 17.0 Å².